The van der Waals surface area contributed by atoms with E-state index in [4.69, 9.17) is 0 Å². The van der Waals surface area contributed by atoms with Crippen LogP contribution in [0.2, 0.25) is 0 Å². The fourth-order valence-corrected chi connectivity index (χ4v) is 4.43. The quantitative estimate of drug-likeness (QED) is 0.481. The molecule has 0 aliphatic carbocycles. The average molecular weight is 429 g/mol. The number of unbranched alkanes of at least 4 members (excludes halogenated alkanes) is 1. The summed E-state index contributed by atoms with van der Waals surface area (Å²) in [6.07, 6.45) is 2.17. The van der Waals surface area contributed by atoms with Crippen LogP contribution in [0.1, 0.15) is 58.0 Å². The minimum atomic E-state index is -0.305. The number of anilines is 1. The van der Waals surface area contributed by atoms with E-state index >= 15 is 0 Å². The van der Waals surface area contributed by atoms with Crippen molar-refractivity contribution in [2.24, 2.45) is 0 Å². The second-order valence-corrected chi connectivity index (χ2v) is 8.41. The maximum absolute atomic E-state index is 13.2. The first-order valence-electron chi connectivity index (χ1n) is 11.2. The standard InChI is InChI=1S/C27H28N2O3/c1-4-5-12-24(30)28(23-14-13-18(2)17-19(23)3)15-16-29-26(31)21-10-6-8-20-9-7-11-22(25(20)21)27(29)32/h6-11,13-14,17H,4-5,12,15-16H2,1-3H3. The first-order chi connectivity index (χ1) is 15.4. The molecular weight excluding hydrogens is 400 g/mol. The SMILES string of the molecule is CCCCC(=O)N(CCN1C(=O)c2cccc3cccc(c23)C1=O)c1ccc(C)cc1C. The average Bonchev–Trinajstić information content (AvgIpc) is 2.79. The normalized spacial score (nSPS) is 13.0. The molecule has 3 aromatic rings. The summed E-state index contributed by atoms with van der Waals surface area (Å²) in [4.78, 5) is 42.5. The van der Waals surface area contributed by atoms with Crippen LogP contribution in [0.25, 0.3) is 10.8 Å². The summed E-state index contributed by atoms with van der Waals surface area (Å²) in [5, 5.41) is 1.60. The molecule has 164 valence electrons. The van der Waals surface area contributed by atoms with Crippen molar-refractivity contribution >= 4 is 34.2 Å². The fourth-order valence-electron chi connectivity index (χ4n) is 4.43. The molecule has 0 saturated carbocycles. The lowest BCUT2D eigenvalue weighted by atomic mass is 9.94. The van der Waals surface area contributed by atoms with Gasteiger partial charge in [-0.2, -0.15) is 0 Å². The van der Waals surface area contributed by atoms with Gasteiger partial charge in [0, 0.05) is 41.7 Å². The summed E-state index contributed by atoms with van der Waals surface area (Å²) in [5.74, 6) is -0.597. The maximum Gasteiger partial charge on any atom is 0.261 e. The molecule has 0 saturated heterocycles. The van der Waals surface area contributed by atoms with Gasteiger partial charge in [0.2, 0.25) is 5.91 Å². The summed E-state index contributed by atoms with van der Waals surface area (Å²) < 4.78 is 0. The number of hydrogen-bond donors (Lipinski definition) is 0. The molecule has 0 unspecified atom stereocenters. The van der Waals surface area contributed by atoms with Crippen LogP contribution in [-0.4, -0.2) is 35.7 Å². The highest BCUT2D eigenvalue weighted by molar-refractivity contribution is 6.25. The van der Waals surface area contributed by atoms with Crippen molar-refractivity contribution in [1.82, 2.24) is 4.90 Å². The van der Waals surface area contributed by atoms with Crippen LogP contribution in [0.5, 0.6) is 0 Å². The van der Waals surface area contributed by atoms with E-state index in [1.807, 2.05) is 56.3 Å². The molecule has 5 heteroatoms. The lowest BCUT2D eigenvalue weighted by Crippen LogP contribution is -2.46. The van der Waals surface area contributed by atoms with E-state index in [0.717, 1.165) is 35.0 Å². The summed E-state index contributed by atoms with van der Waals surface area (Å²) in [5.41, 5.74) is 4.02. The Labute approximate surface area is 188 Å². The lowest BCUT2D eigenvalue weighted by molar-refractivity contribution is -0.118. The lowest BCUT2D eigenvalue weighted by Gasteiger charge is -2.31. The van der Waals surface area contributed by atoms with Gasteiger partial charge in [0.15, 0.2) is 0 Å². The highest BCUT2D eigenvalue weighted by Gasteiger charge is 2.33. The van der Waals surface area contributed by atoms with Crippen LogP contribution < -0.4 is 4.90 Å². The minimum absolute atomic E-state index is 0.0122. The predicted octanol–water partition coefficient (Wildman–Crippen LogP) is 5.28. The van der Waals surface area contributed by atoms with Gasteiger partial charge in [0.1, 0.15) is 0 Å². The first kappa shape index (κ1) is 21.8. The molecule has 3 aromatic carbocycles. The van der Waals surface area contributed by atoms with Crippen molar-refractivity contribution < 1.29 is 14.4 Å². The largest absolute Gasteiger partial charge is 0.310 e. The Morgan fingerprint density at radius 2 is 1.59 bits per heavy atom. The van der Waals surface area contributed by atoms with Gasteiger partial charge in [-0.05, 0) is 49.4 Å². The Kier molecular flexibility index (Phi) is 6.08. The molecule has 0 radical (unpaired) electrons. The summed E-state index contributed by atoms with van der Waals surface area (Å²) in [6, 6.07) is 17.0. The predicted molar refractivity (Wildman–Crippen MR) is 127 cm³/mol. The number of benzene rings is 3. The summed E-state index contributed by atoms with van der Waals surface area (Å²) in [7, 11) is 0. The second-order valence-electron chi connectivity index (χ2n) is 8.41. The zero-order valence-electron chi connectivity index (χ0n) is 18.9. The summed E-state index contributed by atoms with van der Waals surface area (Å²) >= 11 is 0. The zero-order valence-corrected chi connectivity index (χ0v) is 18.9. The van der Waals surface area contributed by atoms with Crippen molar-refractivity contribution in [3.8, 4) is 0 Å². The molecular formula is C27H28N2O3. The van der Waals surface area contributed by atoms with E-state index in [-0.39, 0.29) is 30.8 Å². The first-order valence-corrected chi connectivity index (χ1v) is 11.2. The number of rotatable bonds is 7. The molecule has 0 bridgehead atoms. The van der Waals surface area contributed by atoms with Crippen LogP contribution in [0.15, 0.2) is 54.6 Å². The highest BCUT2D eigenvalue weighted by atomic mass is 16.2. The zero-order chi connectivity index (χ0) is 22.8. The van der Waals surface area contributed by atoms with Crippen molar-refractivity contribution in [3.63, 3.8) is 0 Å². The topological polar surface area (TPSA) is 57.7 Å². The number of carbonyl (C=O) groups excluding carboxylic acids is 3. The molecule has 32 heavy (non-hydrogen) atoms. The number of aryl methyl sites for hydroxylation is 2. The van der Waals surface area contributed by atoms with Crippen LogP contribution in [0, 0.1) is 13.8 Å². The molecule has 0 fully saturated rings. The molecule has 0 spiro atoms. The van der Waals surface area contributed by atoms with Gasteiger partial charge in [-0.25, -0.2) is 0 Å². The summed E-state index contributed by atoms with van der Waals surface area (Å²) in [6.45, 7) is 6.47. The molecule has 4 rings (SSSR count). The smallest absolute Gasteiger partial charge is 0.261 e. The van der Waals surface area contributed by atoms with E-state index in [0.29, 0.717) is 22.9 Å². The Bertz CT molecular complexity index is 1160. The Morgan fingerprint density at radius 3 is 2.19 bits per heavy atom. The Hall–Kier alpha value is -3.47. The third-order valence-corrected chi connectivity index (χ3v) is 6.09. The Balaban J connectivity index is 1.63. The molecule has 3 amide bonds. The number of amides is 3. The third kappa shape index (κ3) is 3.91. The molecule has 1 heterocycles. The molecule has 1 aliphatic heterocycles. The Morgan fingerprint density at radius 1 is 0.938 bits per heavy atom. The molecule has 0 aromatic heterocycles. The highest BCUT2D eigenvalue weighted by Crippen LogP contribution is 2.30. The van der Waals surface area contributed by atoms with Crippen molar-refractivity contribution in [2.45, 2.75) is 40.0 Å². The van der Waals surface area contributed by atoms with Gasteiger partial charge in [-0.1, -0.05) is 55.3 Å². The molecule has 0 N–H and O–H groups in total. The van der Waals surface area contributed by atoms with E-state index < -0.39 is 0 Å². The van der Waals surface area contributed by atoms with Crippen LogP contribution >= 0.6 is 0 Å². The van der Waals surface area contributed by atoms with E-state index in [9.17, 15) is 14.4 Å². The van der Waals surface area contributed by atoms with Crippen LogP contribution in [0.3, 0.4) is 0 Å². The second kappa shape index (κ2) is 8.95. The van der Waals surface area contributed by atoms with Gasteiger partial charge < -0.3 is 4.90 Å². The number of imide groups is 1. The van der Waals surface area contributed by atoms with Gasteiger partial charge in [0.05, 0.1) is 0 Å². The maximum atomic E-state index is 13.2. The monoisotopic (exact) mass is 428 g/mol. The number of carbonyl (C=O) groups is 3. The molecule has 5 nitrogen and oxygen atoms in total. The number of hydrogen-bond acceptors (Lipinski definition) is 3. The van der Waals surface area contributed by atoms with Crippen LogP contribution in [0.4, 0.5) is 5.69 Å². The van der Waals surface area contributed by atoms with E-state index in [2.05, 4.69) is 6.92 Å². The van der Waals surface area contributed by atoms with E-state index in [1.165, 1.54) is 4.90 Å². The van der Waals surface area contributed by atoms with Gasteiger partial charge in [-0.3, -0.25) is 19.3 Å². The number of nitrogens with zero attached hydrogens (tertiary/aromatic N) is 2. The van der Waals surface area contributed by atoms with Gasteiger partial charge >= 0.3 is 0 Å². The molecule has 0 atom stereocenters. The van der Waals surface area contributed by atoms with Crippen molar-refractivity contribution in [2.75, 3.05) is 18.0 Å². The van der Waals surface area contributed by atoms with E-state index in [1.54, 1.807) is 17.0 Å². The van der Waals surface area contributed by atoms with Crippen molar-refractivity contribution in [1.29, 1.82) is 0 Å². The van der Waals surface area contributed by atoms with Gasteiger partial charge in [0.25, 0.3) is 11.8 Å². The van der Waals surface area contributed by atoms with Crippen molar-refractivity contribution in [3.05, 3.63) is 76.9 Å². The fraction of sp³-hybridized carbons (Fsp3) is 0.296. The molecule has 1 aliphatic rings. The third-order valence-electron chi connectivity index (χ3n) is 6.09. The minimum Gasteiger partial charge on any atom is -0.310 e. The van der Waals surface area contributed by atoms with Crippen LogP contribution in [-0.2, 0) is 4.79 Å². The van der Waals surface area contributed by atoms with Gasteiger partial charge in [-0.15, -0.1) is 0 Å².